The minimum atomic E-state index is -1.34. The third-order valence-corrected chi connectivity index (χ3v) is 10.7. The van der Waals surface area contributed by atoms with Crippen LogP contribution in [0.5, 0.6) is 0 Å². The van der Waals surface area contributed by atoms with Gasteiger partial charge in [0, 0.05) is 56.4 Å². The number of carboxylic acid groups (broad SMARTS) is 1. The highest BCUT2D eigenvalue weighted by Gasteiger charge is 2.41. The molecular formula is C45H58N8O6. The molecule has 2 aromatic carbocycles. The van der Waals surface area contributed by atoms with Crippen molar-refractivity contribution in [3.8, 4) is 11.3 Å². The average Bonchev–Trinajstić information content (AvgIpc) is 3.56. The monoisotopic (exact) mass is 806 g/mol. The first-order valence-corrected chi connectivity index (χ1v) is 20.2. The van der Waals surface area contributed by atoms with Gasteiger partial charge in [-0.05, 0) is 59.6 Å². The molecule has 5 amide bonds. The fourth-order valence-corrected chi connectivity index (χ4v) is 7.23. The zero-order valence-electron chi connectivity index (χ0n) is 34.8. The second-order valence-corrected chi connectivity index (χ2v) is 16.4. The Kier molecular flexibility index (Phi) is 15.2. The molecule has 0 bridgehead atoms. The van der Waals surface area contributed by atoms with Crippen molar-refractivity contribution >= 4 is 23.9 Å². The highest BCUT2D eigenvalue weighted by atomic mass is 16.4. The number of hydrogen-bond acceptors (Lipinski definition) is 8. The summed E-state index contributed by atoms with van der Waals surface area (Å²) in [6.45, 7) is 12.3. The Morgan fingerprint density at radius 1 is 0.864 bits per heavy atom. The number of aryl methyl sites for hydroxylation is 1. The van der Waals surface area contributed by atoms with E-state index < -0.39 is 41.6 Å². The maximum atomic E-state index is 14.5. The number of amides is 5. The summed E-state index contributed by atoms with van der Waals surface area (Å²) < 4.78 is 0. The maximum absolute atomic E-state index is 14.5. The third kappa shape index (κ3) is 12.3. The van der Waals surface area contributed by atoms with Gasteiger partial charge in [0.1, 0.15) is 12.1 Å². The molecule has 14 nitrogen and oxygen atoms in total. The van der Waals surface area contributed by atoms with Crippen LogP contribution in [0.15, 0.2) is 97.3 Å². The van der Waals surface area contributed by atoms with Crippen molar-refractivity contribution in [2.24, 2.45) is 11.3 Å². The van der Waals surface area contributed by atoms with Crippen LogP contribution in [0.4, 0.5) is 9.59 Å². The van der Waals surface area contributed by atoms with Crippen molar-refractivity contribution in [1.82, 2.24) is 40.8 Å². The molecular weight excluding hydrogens is 749 g/mol. The summed E-state index contributed by atoms with van der Waals surface area (Å²) in [6.07, 6.45) is 1.79. The number of carbonyl (C=O) groups is 4. The van der Waals surface area contributed by atoms with Crippen molar-refractivity contribution in [2.75, 3.05) is 19.6 Å². The van der Waals surface area contributed by atoms with Crippen LogP contribution in [0.2, 0.25) is 0 Å². The zero-order valence-corrected chi connectivity index (χ0v) is 34.8. The molecule has 1 saturated heterocycles. The van der Waals surface area contributed by atoms with Crippen LogP contribution in [-0.4, -0.2) is 103 Å². The number of nitrogens with zero attached hydrogens (tertiary/aromatic N) is 5. The third-order valence-electron chi connectivity index (χ3n) is 10.7. The molecule has 5 N–H and O–H groups in total. The van der Waals surface area contributed by atoms with E-state index >= 15 is 0 Å². The van der Waals surface area contributed by atoms with E-state index in [4.69, 9.17) is 0 Å². The van der Waals surface area contributed by atoms with Crippen LogP contribution >= 0.6 is 0 Å². The number of aromatic nitrogens is 2. The summed E-state index contributed by atoms with van der Waals surface area (Å²) in [7, 11) is 0. The van der Waals surface area contributed by atoms with E-state index in [0.717, 1.165) is 33.6 Å². The molecule has 0 spiro atoms. The van der Waals surface area contributed by atoms with E-state index in [9.17, 15) is 29.4 Å². The lowest BCUT2D eigenvalue weighted by Gasteiger charge is -2.36. The molecule has 5 rings (SSSR count). The summed E-state index contributed by atoms with van der Waals surface area (Å²) >= 11 is 0. The van der Waals surface area contributed by atoms with E-state index in [1.54, 1.807) is 48.0 Å². The number of benzene rings is 2. The van der Waals surface area contributed by atoms with E-state index in [-0.39, 0.29) is 37.4 Å². The van der Waals surface area contributed by atoms with Crippen LogP contribution in [0.3, 0.4) is 0 Å². The Bertz CT molecular complexity index is 1990. The standard InChI is InChI=1S/C45H58N8O6/c1-7-30(2)39(53-24-23-51(44(53)59)27-34-17-16-31(3)47-26-34)41(55)48-37(25-32-13-9-8-10-14-32)38(54)29-52(50-42(56)40(45(4,5)6)49-43(57)58)28-33-18-20-35(21-19-33)36-15-11-12-22-46-36/h8-22,26,30,37-40,49,54H,7,23-25,27-29H2,1-6H3,(H,48,55)(H,50,56)(H,57,58)/t30-,37-,38-,39-,40+/m0/s1. The molecule has 5 atom stereocenters. The zero-order chi connectivity index (χ0) is 42.7. The van der Waals surface area contributed by atoms with Crippen molar-refractivity contribution < 1.29 is 29.4 Å². The molecule has 1 aliphatic heterocycles. The van der Waals surface area contributed by atoms with Crippen molar-refractivity contribution in [2.45, 2.75) is 91.7 Å². The summed E-state index contributed by atoms with van der Waals surface area (Å²) in [5.74, 6) is -1.18. The smallest absolute Gasteiger partial charge is 0.405 e. The number of pyridine rings is 2. The van der Waals surface area contributed by atoms with Gasteiger partial charge in [-0.25, -0.2) is 14.6 Å². The summed E-state index contributed by atoms with van der Waals surface area (Å²) in [5, 5.41) is 28.7. The number of hydrogen-bond donors (Lipinski definition) is 5. The lowest BCUT2D eigenvalue weighted by molar-refractivity contribution is -0.132. The Morgan fingerprint density at radius 3 is 2.17 bits per heavy atom. The van der Waals surface area contributed by atoms with Crippen molar-refractivity contribution in [3.63, 3.8) is 0 Å². The molecule has 0 saturated carbocycles. The predicted molar refractivity (Wildman–Crippen MR) is 225 cm³/mol. The number of hydrazine groups is 1. The van der Waals surface area contributed by atoms with E-state index in [0.29, 0.717) is 26.1 Å². The number of urea groups is 1. The van der Waals surface area contributed by atoms with Gasteiger partial charge in [-0.1, -0.05) is 108 Å². The van der Waals surface area contributed by atoms with E-state index in [1.807, 2.05) is 106 Å². The second kappa shape index (κ2) is 20.2. The topological polar surface area (TPSA) is 180 Å². The second-order valence-electron chi connectivity index (χ2n) is 16.4. The van der Waals surface area contributed by atoms with Gasteiger partial charge in [0.15, 0.2) is 0 Å². The molecule has 4 aromatic rings. The maximum Gasteiger partial charge on any atom is 0.405 e. The number of nitrogens with one attached hydrogen (secondary N) is 3. The SMILES string of the molecule is CC[C@H](C)[C@@H](C(=O)N[C@@H](Cc1ccccc1)[C@@H](O)CN(Cc1ccc(-c2ccccn2)cc1)NC(=O)[C@@H](NC(=O)O)C(C)(C)C)N1CCN(Cc2ccc(C)nc2)C1=O. The molecule has 14 heteroatoms. The fraction of sp³-hybridized carbons (Fsp3) is 0.422. The Morgan fingerprint density at radius 2 is 1.56 bits per heavy atom. The molecule has 2 aromatic heterocycles. The van der Waals surface area contributed by atoms with Crippen molar-refractivity contribution in [1.29, 1.82) is 0 Å². The Balaban J connectivity index is 1.40. The first kappa shape index (κ1) is 44.2. The molecule has 0 aliphatic carbocycles. The lowest BCUT2D eigenvalue weighted by Crippen LogP contribution is -2.60. The molecule has 3 heterocycles. The van der Waals surface area contributed by atoms with Crippen LogP contribution in [0.1, 0.15) is 63.4 Å². The van der Waals surface area contributed by atoms with Gasteiger partial charge in [-0.15, -0.1) is 0 Å². The van der Waals surface area contributed by atoms with Gasteiger partial charge in [0.2, 0.25) is 5.91 Å². The fourth-order valence-electron chi connectivity index (χ4n) is 7.23. The minimum Gasteiger partial charge on any atom is -0.465 e. The highest BCUT2D eigenvalue weighted by molar-refractivity contribution is 5.88. The summed E-state index contributed by atoms with van der Waals surface area (Å²) in [4.78, 5) is 66.1. The first-order chi connectivity index (χ1) is 28.1. The largest absolute Gasteiger partial charge is 0.465 e. The molecule has 1 fully saturated rings. The van der Waals surface area contributed by atoms with E-state index in [1.165, 1.54) is 0 Å². The van der Waals surface area contributed by atoms with Gasteiger partial charge in [0.05, 0.1) is 17.8 Å². The van der Waals surface area contributed by atoms with E-state index in [2.05, 4.69) is 26.0 Å². The molecule has 0 radical (unpaired) electrons. The first-order valence-electron chi connectivity index (χ1n) is 20.2. The molecule has 59 heavy (non-hydrogen) atoms. The molecule has 1 aliphatic rings. The minimum absolute atomic E-state index is 0.134. The number of aliphatic hydroxyl groups is 1. The van der Waals surface area contributed by atoms with Gasteiger partial charge in [-0.3, -0.25) is 25.0 Å². The predicted octanol–water partition coefficient (Wildman–Crippen LogP) is 5.41. The highest BCUT2D eigenvalue weighted by Crippen LogP contribution is 2.24. The van der Waals surface area contributed by atoms with Crippen LogP contribution < -0.4 is 16.1 Å². The van der Waals surface area contributed by atoms with Crippen molar-refractivity contribution in [3.05, 3.63) is 120 Å². The van der Waals surface area contributed by atoms with Crippen LogP contribution in [0, 0.1) is 18.3 Å². The Hall–Kier alpha value is -5.86. The van der Waals surface area contributed by atoms with Crippen LogP contribution in [-0.2, 0) is 29.1 Å². The summed E-state index contributed by atoms with van der Waals surface area (Å²) in [6, 6.07) is 23.6. The lowest BCUT2D eigenvalue weighted by atomic mass is 9.86. The number of rotatable bonds is 18. The normalized spacial score (nSPS) is 15.6. The Labute approximate surface area is 347 Å². The average molecular weight is 807 g/mol. The number of carbonyl (C=O) groups excluding carboxylic acids is 3. The van der Waals surface area contributed by atoms with Gasteiger partial charge in [0.25, 0.3) is 5.91 Å². The summed E-state index contributed by atoms with van der Waals surface area (Å²) in [5.41, 5.74) is 7.24. The van der Waals surface area contributed by atoms with Crippen LogP contribution in [0.25, 0.3) is 11.3 Å². The number of aliphatic hydroxyl groups excluding tert-OH is 1. The van der Waals surface area contributed by atoms with Gasteiger partial charge < -0.3 is 30.6 Å². The molecule has 314 valence electrons. The van der Waals surface area contributed by atoms with Gasteiger partial charge in [-0.2, -0.15) is 0 Å². The van der Waals surface area contributed by atoms with Gasteiger partial charge >= 0.3 is 12.1 Å². The molecule has 0 unspecified atom stereocenters. The quantitative estimate of drug-likeness (QED) is 0.0823.